The number of fused-ring (bicyclic) bond motifs is 1. The number of carbonyl (C=O) groups excluding carboxylic acids is 1. The van der Waals surface area contributed by atoms with Crippen LogP contribution in [0.3, 0.4) is 0 Å². The van der Waals surface area contributed by atoms with Crippen LogP contribution in [0.25, 0.3) is 6.08 Å². The molecule has 0 saturated carbocycles. The molecule has 2 aliphatic heterocycles. The number of carbonyl (C=O) groups is 1. The molecule has 0 spiro atoms. The maximum Gasteiger partial charge on any atom is 0.411 e. The van der Waals surface area contributed by atoms with Crippen molar-refractivity contribution >= 4 is 12.2 Å². The van der Waals surface area contributed by atoms with Crippen molar-refractivity contribution in [1.29, 1.82) is 0 Å². The number of benzene rings is 2. The first-order chi connectivity index (χ1) is 17.1. The van der Waals surface area contributed by atoms with E-state index in [9.17, 15) is 20.1 Å². The lowest BCUT2D eigenvalue weighted by Gasteiger charge is -2.46. The third-order valence-electron chi connectivity index (χ3n) is 6.19. The highest BCUT2D eigenvalue weighted by Gasteiger charge is 2.50. The molecular weight excluding hydrogens is 470 g/mol. The van der Waals surface area contributed by atoms with Gasteiger partial charge >= 0.3 is 6.09 Å². The number of methoxy groups -OCH3 is 1. The van der Waals surface area contributed by atoms with Crippen molar-refractivity contribution in [2.45, 2.75) is 63.9 Å². The number of nitrogens with one attached hydrogen (secondary N) is 1. The summed E-state index contributed by atoms with van der Waals surface area (Å²) in [5.41, 5.74) is 1.15. The Morgan fingerprint density at radius 3 is 2.50 bits per heavy atom. The SMILES string of the molecule is CO[C@@H]1[C@@H](O)[C@@H](O)[C@H](Oc2ccc3c(c2C)OC(O)C(NC(=O)OCc2ccccc2)=C3)OC1(C)C. The second kappa shape index (κ2) is 10.5. The highest BCUT2D eigenvalue weighted by molar-refractivity contribution is 5.74. The summed E-state index contributed by atoms with van der Waals surface area (Å²) < 4.78 is 27.9. The monoisotopic (exact) mass is 501 g/mol. The molecule has 0 bridgehead atoms. The molecule has 2 aliphatic rings. The Kier molecular flexibility index (Phi) is 7.53. The highest BCUT2D eigenvalue weighted by atomic mass is 16.7. The minimum Gasteiger partial charge on any atom is -0.462 e. The van der Waals surface area contributed by atoms with Crippen molar-refractivity contribution in [2.24, 2.45) is 0 Å². The Morgan fingerprint density at radius 1 is 1.08 bits per heavy atom. The van der Waals surface area contributed by atoms with Crippen LogP contribution in [-0.4, -0.2) is 65.0 Å². The van der Waals surface area contributed by atoms with Crippen LogP contribution in [0.5, 0.6) is 11.5 Å². The molecule has 1 fully saturated rings. The largest absolute Gasteiger partial charge is 0.462 e. The van der Waals surface area contributed by atoms with E-state index in [0.717, 1.165) is 5.56 Å². The van der Waals surface area contributed by atoms with Crippen LogP contribution >= 0.6 is 0 Å². The van der Waals surface area contributed by atoms with Gasteiger partial charge in [-0.15, -0.1) is 0 Å². The van der Waals surface area contributed by atoms with E-state index in [2.05, 4.69) is 5.32 Å². The number of aliphatic hydroxyl groups is 3. The molecule has 36 heavy (non-hydrogen) atoms. The molecule has 10 nitrogen and oxygen atoms in total. The fourth-order valence-corrected chi connectivity index (χ4v) is 4.31. The van der Waals surface area contributed by atoms with E-state index >= 15 is 0 Å². The van der Waals surface area contributed by atoms with E-state index < -0.39 is 42.6 Å². The van der Waals surface area contributed by atoms with Gasteiger partial charge in [0, 0.05) is 18.2 Å². The number of hydrogen-bond donors (Lipinski definition) is 4. The van der Waals surface area contributed by atoms with Crippen LogP contribution in [-0.2, 0) is 20.8 Å². The molecule has 2 aromatic carbocycles. The third kappa shape index (κ3) is 5.32. The third-order valence-corrected chi connectivity index (χ3v) is 6.19. The Balaban J connectivity index is 1.46. The molecule has 1 unspecified atom stereocenters. The number of amides is 1. The summed E-state index contributed by atoms with van der Waals surface area (Å²) in [7, 11) is 1.43. The number of aliphatic hydroxyl groups excluding tert-OH is 3. The quantitative estimate of drug-likeness (QED) is 0.470. The van der Waals surface area contributed by atoms with Crippen molar-refractivity contribution in [3.05, 3.63) is 64.9 Å². The molecule has 1 amide bonds. The number of alkyl carbamates (subject to hydrolysis) is 1. The summed E-state index contributed by atoms with van der Waals surface area (Å²) in [6, 6.07) is 12.5. The topological polar surface area (TPSA) is 136 Å². The van der Waals surface area contributed by atoms with E-state index in [1.807, 2.05) is 30.3 Å². The second-order valence-corrected chi connectivity index (χ2v) is 9.21. The van der Waals surface area contributed by atoms with Gasteiger partial charge in [0.05, 0.1) is 11.3 Å². The zero-order chi connectivity index (χ0) is 26.0. The van der Waals surface area contributed by atoms with Gasteiger partial charge in [-0.25, -0.2) is 4.79 Å². The van der Waals surface area contributed by atoms with Gasteiger partial charge in [-0.05, 0) is 44.5 Å². The first kappa shape index (κ1) is 25.9. The van der Waals surface area contributed by atoms with Crippen LogP contribution in [0.2, 0.25) is 0 Å². The lowest BCUT2D eigenvalue weighted by molar-refractivity contribution is -0.306. The zero-order valence-electron chi connectivity index (χ0n) is 20.5. The summed E-state index contributed by atoms with van der Waals surface area (Å²) in [5.74, 6) is 0.666. The van der Waals surface area contributed by atoms with Crippen molar-refractivity contribution < 1.29 is 43.8 Å². The Bertz CT molecular complexity index is 1120. The first-order valence-electron chi connectivity index (χ1n) is 11.5. The predicted octanol–water partition coefficient (Wildman–Crippen LogP) is 2.22. The summed E-state index contributed by atoms with van der Waals surface area (Å²) >= 11 is 0. The molecule has 0 aromatic heterocycles. The van der Waals surface area contributed by atoms with Crippen molar-refractivity contribution in [3.63, 3.8) is 0 Å². The van der Waals surface area contributed by atoms with Gasteiger partial charge in [-0.2, -0.15) is 0 Å². The lowest BCUT2D eigenvalue weighted by atomic mass is 9.89. The minimum absolute atomic E-state index is 0.0824. The Hall–Kier alpha value is -3.15. The second-order valence-electron chi connectivity index (χ2n) is 9.21. The fourth-order valence-electron chi connectivity index (χ4n) is 4.31. The molecule has 4 rings (SSSR count). The van der Waals surface area contributed by atoms with Crippen LogP contribution in [0.1, 0.15) is 30.5 Å². The van der Waals surface area contributed by atoms with Gasteiger partial charge in [0.25, 0.3) is 0 Å². The van der Waals surface area contributed by atoms with E-state index in [0.29, 0.717) is 22.6 Å². The van der Waals surface area contributed by atoms with Crippen LogP contribution in [0.15, 0.2) is 48.2 Å². The molecule has 0 aliphatic carbocycles. The summed E-state index contributed by atoms with van der Waals surface area (Å²) in [4.78, 5) is 12.2. The zero-order valence-corrected chi connectivity index (χ0v) is 20.5. The van der Waals surface area contributed by atoms with E-state index in [4.69, 9.17) is 23.7 Å². The van der Waals surface area contributed by atoms with Gasteiger partial charge in [0.1, 0.15) is 36.4 Å². The maximum absolute atomic E-state index is 12.2. The van der Waals surface area contributed by atoms with Gasteiger partial charge < -0.3 is 39.0 Å². The predicted molar refractivity (Wildman–Crippen MR) is 128 cm³/mol. The summed E-state index contributed by atoms with van der Waals surface area (Å²) in [5, 5.41) is 34.0. The minimum atomic E-state index is -1.45. The molecule has 194 valence electrons. The Morgan fingerprint density at radius 2 is 1.81 bits per heavy atom. The molecule has 2 aromatic rings. The van der Waals surface area contributed by atoms with Crippen molar-refractivity contribution in [2.75, 3.05) is 7.11 Å². The van der Waals surface area contributed by atoms with E-state index in [1.54, 1.807) is 39.0 Å². The molecular formula is C26H31NO9. The van der Waals surface area contributed by atoms with Crippen LogP contribution in [0.4, 0.5) is 4.79 Å². The smallest absolute Gasteiger partial charge is 0.411 e. The Labute approximate surface area is 209 Å². The molecule has 2 heterocycles. The highest BCUT2D eigenvalue weighted by Crippen LogP contribution is 2.39. The summed E-state index contributed by atoms with van der Waals surface area (Å²) in [6.07, 6.45) is -5.10. The summed E-state index contributed by atoms with van der Waals surface area (Å²) in [6.45, 7) is 5.26. The van der Waals surface area contributed by atoms with E-state index in [1.165, 1.54) is 7.11 Å². The van der Waals surface area contributed by atoms with Crippen LogP contribution in [0, 0.1) is 6.92 Å². The van der Waals surface area contributed by atoms with Crippen molar-refractivity contribution in [3.8, 4) is 11.5 Å². The first-order valence-corrected chi connectivity index (χ1v) is 11.5. The van der Waals surface area contributed by atoms with Crippen molar-refractivity contribution in [1.82, 2.24) is 5.32 Å². The molecule has 5 atom stereocenters. The number of ether oxygens (including phenoxy) is 5. The van der Waals surface area contributed by atoms with Gasteiger partial charge in [-0.1, -0.05) is 30.3 Å². The average molecular weight is 502 g/mol. The normalized spacial score (nSPS) is 26.8. The van der Waals surface area contributed by atoms with Crippen LogP contribution < -0.4 is 14.8 Å². The maximum atomic E-state index is 12.2. The fraction of sp³-hybridized carbons (Fsp3) is 0.423. The van der Waals surface area contributed by atoms with Gasteiger partial charge in [-0.3, -0.25) is 5.32 Å². The molecule has 0 radical (unpaired) electrons. The standard InChI is InChI=1S/C26H31NO9/c1-14-18(34-24-20(29)19(28)22(32-4)26(2,3)36-24)11-10-16-12-17(23(30)35-21(14)16)27-25(31)33-13-15-8-6-5-7-9-15/h5-12,19-20,22-24,28-30H,13H2,1-4H3,(H,27,31)/t19-,20+,22+,23?,24+/m0/s1. The van der Waals surface area contributed by atoms with Gasteiger partial charge in [0.2, 0.25) is 12.6 Å². The number of hydrogen-bond acceptors (Lipinski definition) is 9. The molecule has 10 heteroatoms. The number of rotatable bonds is 6. The molecule has 4 N–H and O–H groups in total. The average Bonchev–Trinajstić information content (AvgIpc) is 2.84. The van der Waals surface area contributed by atoms with E-state index in [-0.39, 0.29) is 12.3 Å². The molecule has 1 saturated heterocycles. The lowest BCUT2D eigenvalue weighted by Crippen LogP contribution is -2.63. The van der Waals surface area contributed by atoms with Gasteiger partial charge in [0.15, 0.2) is 0 Å².